The first-order chi connectivity index (χ1) is 19.7. The smallest absolute Gasteiger partial charge is 0.424 e. The lowest BCUT2D eigenvalue weighted by atomic mass is 9.89. The van der Waals surface area contributed by atoms with E-state index < -0.39 is 41.4 Å². The number of methoxy groups -OCH3 is 1. The second kappa shape index (κ2) is 11.5. The summed E-state index contributed by atoms with van der Waals surface area (Å²) >= 11 is 0. The quantitative estimate of drug-likeness (QED) is 0.236. The number of aromatic nitrogens is 1. The molecule has 0 aliphatic carbocycles. The monoisotopic (exact) mass is 590 g/mol. The van der Waals surface area contributed by atoms with Crippen LogP contribution < -0.4 is 31.0 Å². The Kier molecular flexibility index (Phi) is 8.34. The number of amides is 2. The molecule has 0 saturated carbocycles. The summed E-state index contributed by atoms with van der Waals surface area (Å²) in [6, 6.07) is 10.5. The van der Waals surface area contributed by atoms with E-state index in [0.29, 0.717) is 0 Å². The van der Waals surface area contributed by atoms with E-state index in [-0.39, 0.29) is 65.0 Å². The Morgan fingerprint density at radius 1 is 1.12 bits per heavy atom. The van der Waals surface area contributed by atoms with Crippen molar-refractivity contribution in [2.75, 3.05) is 33.5 Å². The average molecular weight is 591 g/mol. The molecule has 0 saturated heterocycles. The summed E-state index contributed by atoms with van der Waals surface area (Å²) in [7, 11) is 1.30. The number of ether oxygens (including phenoxy) is 3. The highest BCUT2D eigenvalue weighted by Crippen LogP contribution is 2.46. The van der Waals surface area contributed by atoms with E-state index in [9.17, 15) is 27.9 Å². The number of alkyl halides is 3. The number of nitrogens with one attached hydrogen (secondary N) is 1. The van der Waals surface area contributed by atoms with Gasteiger partial charge in [0.25, 0.3) is 5.91 Å². The topological polar surface area (TPSA) is 179 Å². The molecule has 0 bridgehead atoms. The van der Waals surface area contributed by atoms with E-state index in [2.05, 4.69) is 10.3 Å². The Labute approximate surface area is 238 Å². The van der Waals surface area contributed by atoms with Gasteiger partial charge in [-0.15, -0.1) is 0 Å². The Bertz CT molecular complexity index is 1500. The standard InChI is InChI=1S/C28H29F3N4O7/c1-26(33)14-42-23-18(26)12-21(35-22(23)15-3-5-16(6-4-15)24(32)37)27(39,28(29,30)31)13-34-25(38)17-7-8-19(41-10-9-36)20(11-17)40-2/h3-8,11-12,36,39H,9-10,13-14,33H2,1-2H3,(H2,32,37)(H,34,38). The van der Waals surface area contributed by atoms with Gasteiger partial charge >= 0.3 is 6.18 Å². The lowest BCUT2D eigenvalue weighted by Crippen LogP contribution is -2.51. The van der Waals surface area contributed by atoms with Crippen molar-refractivity contribution in [2.24, 2.45) is 11.5 Å². The summed E-state index contributed by atoms with van der Waals surface area (Å²) in [5.74, 6) is -1.20. The van der Waals surface area contributed by atoms with E-state index in [0.717, 1.165) is 6.07 Å². The number of carbonyl (C=O) groups excluding carboxylic acids is 2. The van der Waals surface area contributed by atoms with Gasteiger partial charge in [0.1, 0.15) is 18.9 Å². The minimum atomic E-state index is -5.29. The largest absolute Gasteiger partial charge is 0.493 e. The van der Waals surface area contributed by atoms with Crippen LogP contribution in [-0.2, 0) is 11.1 Å². The van der Waals surface area contributed by atoms with Gasteiger partial charge in [0, 0.05) is 22.3 Å². The molecular weight excluding hydrogens is 561 g/mol. The fraction of sp³-hybridized carbons (Fsp3) is 0.321. The number of pyridine rings is 1. The zero-order valence-electron chi connectivity index (χ0n) is 22.6. The number of hydrogen-bond acceptors (Lipinski definition) is 9. The molecule has 2 unspecified atom stereocenters. The van der Waals surface area contributed by atoms with Crippen molar-refractivity contribution in [3.8, 4) is 28.5 Å². The van der Waals surface area contributed by atoms with Crippen LogP contribution in [0.5, 0.6) is 17.2 Å². The summed E-state index contributed by atoms with van der Waals surface area (Å²) in [6.45, 7) is -0.125. The van der Waals surface area contributed by atoms with Gasteiger partial charge in [0.05, 0.1) is 31.5 Å². The number of rotatable bonds is 10. The first-order valence-corrected chi connectivity index (χ1v) is 12.6. The molecule has 1 aliphatic rings. The number of nitrogens with two attached hydrogens (primary N) is 2. The Balaban J connectivity index is 1.73. The van der Waals surface area contributed by atoms with Gasteiger partial charge in [-0.05, 0) is 43.3 Å². The summed E-state index contributed by atoms with van der Waals surface area (Å²) < 4.78 is 59.8. The zero-order chi connectivity index (χ0) is 30.9. The minimum absolute atomic E-state index is 0.0432. The van der Waals surface area contributed by atoms with Crippen LogP contribution in [0.25, 0.3) is 11.3 Å². The molecule has 7 N–H and O–H groups in total. The van der Waals surface area contributed by atoms with Crippen molar-refractivity contribution >= 4 is 11.8 Å². The van der Waals surface area contributed by atoms with Crippen LogP contribution in [0.1, 0.15) is 38.9 Å². The number of halogens is 3. The molecule has 14 heteroatoms. The average Bonchev–Trinajstić information content (AvgIpc) is 3.27. The van der Waals surface area contributed by atoms with Gasteiger partial charge < -0.3 is 41.2 Å². The van der Waals surface area contributed by atoms with E-state index in [4.69, 9.17) is 30.8 Å². The molecule has 0 spiro atoms. The van der Waals surface area contributed by atoms with E-state index >= 15 is 0 Å². The van der Waals surface area contributed by atoms with Gasteiger partial charge in [-0.1, -0.05) is 12.1 Å². The second-order valence-corrected chi connectivity index (χ2v) is 9.86. The first-order valence-electron chi connectivity index (χ1n) is 12.6. The van der Waals surface area contributed by atoms with Crippen LogP contribution in [0.15, 0.2) is 48.5 Å². The van der Waals surface area contributed by atoms with Crippen LogP contribution in [0.4, 0.5) is 13.2 Å². The molecule has 224 valence electrons. The van der Waals surface area contributed by atoms with Gasteiger partial charge in [-0.3, -0.25) is 9.59 Å². The number of hydrogen-bond donors (Lipinski definition) is 5. The van der Waals surface area contributed by atoms with Gasteiger partial charge in [0.15, 0.2) is 17.2 Å². The van der Waals surface area contributed by atoms with Crippen molar-refractivity contribution in [3.63, 3.8) is 0 Å². The number of benzene rings is 2. The molecule has 0 fully saturated rings. The van der Waals surface area contributed by atoms with Gasteiger partial charge in [-0.2, -0.15) is 13.2 Å². The Morgan fingerprint density at radius 2 is 1.79 bits per heavy atom. The summed E-state index contributed by atoms with van der Waals surface area (Å²) in [4.78, 5) is 28.5. The Morgan fingerprint density at radius 3 is 2.38 bits per heavy atom. The normalized spacial score (nSPS) is 17.5. The van der Waals surface area contributed by atoms with Gasteiger partial charge in [-0.25, -0.2) is 4.98 Å². The molecule has 0 radical (unpaired) electrons. The molecule has 42 heavy (non-hydrogen) atoms. The highest BCUT2D eigenvalue weighted by Gasteiger charge is 2.57. The molecule has 1 aromatic heterocycles. The third-order valence-electron chi connectivity index (χ3n) is 6.72. The first kappa shape index (κ1) is 30.6. The SMILES string of the molecule is COc1cc(C(=O)NCC(O)(c2cc3c(c(-c4ccc(C(N)=O)cc4)n2)OCC3(C)N)C(F)(F)F)ccc1OCCO. The number of aliphatic hydroxyl groups excluding tert-OH is 1. The van der Waals surface area contributed by atoms with Crippen LogP contribution in [0, 0.1) is 0 Å². The van der Waals surface area contributed by atoms with Crippen LogP contribution in [0.2, 0.25) is 0 Å². The van der Waals surface area contributed by atoms with Crippen molar-refractivity contribution in [1.82, 2.24) is 10.3 Å². The third kappa shape index (κ3) is 5.82. The minimum Gasteiger partial charge on any atom is -0.493 e. The van der Waals surface area contributed by atoms with Crippen LogP contribution in [0.3, 0.4) is 0 Å². The van der Waals surface area contributed by atoms with E-state index in [1.54, 1.807) is 6.92 Å². The van der Waals surface area contributed by atoms with Crippen LogP contribution >= 0.6 is 0 Å². The number of fused-ring (bicyclic) bond motifs is 1. The number of aliphatic hydroxyl groups is 2. The third-order valence-corrected chi connectivity index (χ3v) is 6.72. The van der Waals surface area contributed by atoms with Crippen molar-refractivity contribution in [2.45, 2.75) is 24.2 Å². The van der Waals surface area contributed by atoms with Crippen molar-refractivity contribution < 1.29 is 47.2 Å². The predicted molar refractivity (Wildman–Crippen MR) is 143 cm³/mol. The maximum Gasteiger partial charge on any atom is 0.424 e. The zero-order valence-corrected chi connectivity index (χ0v) is 22.6. The lowest BCUT2D eigenvalue weighted by Gasteiger charge is -2.31. The molecule has 2 aromatic carbocycles. The maximum atomic E-state index is 14.5. The number of nitrogens with zero attached hydrogens (tertiary/aromatic N) is 1. The van der Waals surface area contributed by atoms with Gasteiger partial charge in [0.2, 0.25) is 11.5 Å². The molecule has 11 nitrogen and oxygen atoms in total. The predicted octanol–water partition coefficient (Wildman–Crippen LogP) is 1.97. The molecule has 3 aromatic rings. The summed E-state index contributed by atoms with van der Waals surface area (Å²) in [6.07, 6.45) is -5.29. The molecule has 4 rings (SSSR count). The molecular formula is C28H29F3N4O7. The van der Waals surface area contributed by atoms with Crippen molar-refractivity contribution in [1.29, 1.82) is 0 Å². The molecule has 2 heterocycles. The molecule has 1 aliphatic heterocycles. The number of primary amides is 1. The highest BCUT2D eigenvalue weighted by molar-refractivity contribution is 5.95. The maximum absolute atomic E-state index is 14.5. The summed E-state index contributed by atoms with van der Waals surface area (Å²) in [5.41, 5.74) is 6.38. The van der Waals surface area contributed by atoms with Crippen molar-refractivity contribution in [3.05, 3.63) is 70.9 Å². The van der Waals surface area contributed by atoms with E-state index in [1.807, 2.05) is 0 Å². The Hall–Kier alpha value is -4.40. The highest BCUT2D eigenvalue weighted by atomic mass is 19.4. The number of carbonyl (C=O) groups is 2. The fourth-order valence-corrected chi connectivity index (χ4v) is 4.33. The molecule has 2 amide bonds. The van der Waals surface area contributed by atoms with E-state index in [1.165, 1.54) is 49.6 Å². The lowest BCUT2D eigenvalue weighted by molar-refractivity contribution is -0.265. The van der Waals surface area contributed by atoms with Crippen LogP contribution in [-0.4, -0.2) is 66.7 Å². The second-order valence-electron chi connectivity index (χ2n) is 9.86. The summed E-state index contributed by atoms with van der Waals surface area (Å²) in [5, 5.41) is 22.2. The fourth-order valence-electron chi connectivity index (χ4n) is 4.33. The molecule has 2 atom stereocenters.